The Labute approximate surface area is 128 Å². The Hall–Kier alpha value is -2.12. The number of fused-ring (bicyclic) bond motifs is 1. The largest absolute Gasteiger partial charge is 0.324 e. The molecule has 0 aliphatic rings. The lowest BCUT2D eigenvalue weighted by molar-refractivity contribution is 0.536. The maximum absolute atomic E-state index is 9.06. The molecule has 2 heterocycles. The minimum atomic E-state index is 0.538. The maximum atomic E-state index is 9.06. The predicted octanol–water partition coefficient (Wildman–Crippen LogP) is 4.60. The fourth-order valence-corrected chi connectivity index (χ4v) is 3.37. The third-order valence-corrected chi connectivity index (χ3v) is 4.38. The monoisotopic (exact) mass is 295 g/mol. The summed E-state index contributed by atoms with van der Waals surface area (Å²) in [5.41, 5.74) is 5.10. The van der Waals surface area contributed by atoms with E-state index in [1.165, 1.54) is 11.1 Å². The lowest BCUT2D eigenvalue weighted by Crippen LogP contribution is -2.06. The Balaban J connectivity index is 2.27. The molecule has 106 valence electrons. The smallest absolute Gasteiger partial charge is 0.142 e. The maximum Gasteiger partial charge on any atom is 0.142 e. The molecule has 0 saturated carbocycles. The van der Waals surface area contributed by atoms with Crippen molar-refractivity contribution in [2.75, 3.05) is 0 Å². The van der Waals surface area contributed by atoms with Crippen LogP contribution in [0.1, 0.15) is 25.0 Å². The molecule has 0 unspecified atom stereocenters. The zero-order valence-corrected chi connectivity index (χ0v) is 13.2. The second-order valence-corrected chi connectivity index (χ2v) is 6.47. The summed E-state index contributed by atoms with van der Waals surface area (Å²) in [7, 11) is 0. The number of benzene rings is 1. The summed E-state index contributed by atoms with van der Waals surface area (Å²) < 4.78 is 2.27. The van der Waals surface area contributed by atoms with E-state index in [0.717, 1.165) is 23.4 Å². The van der Waals surface area contributed by atoms with Crippen molar-refractivity contribution < 1.29 is 0 Å². The van der Waals surface area contributed by atoms with Crippen molar-refractivity contribution in [1.82, 2.24) is 9.55 Å². The number of hydrogen-bond donors (Lipinski definition) is 0. The number of imidazole rings is 1. The van der Waals surface area contributed by atoms with Crippen LogP contribution in [0.25, 0.3) is 22.4 Å². The van der Waals surface area contributed by atoms with Crippen molar-refractivity contribution in [2.24, 2.45) is 5.92 Å². The van der Waals surface area contributed by atoms with Gasteiger partial charge in [-0.1, -0.05) is 13.8 Å². The molecule has 3 rings (SSSR count). The molecule has 1 aromatic carbocycles. The minimum absolute atomic E-state index is 0.538. The van der Waals surface area contributed by atoms with E-state index < -0.39 is 0 Å². The van der Waals surface area contributed by atoms with Gasteiger partial charge in [0.25, 0.3) is 0 Å². The van der Waals surface area contributed by atoms with Gasteiger partial charge in [-0.2, -0.15) is 16.6 Å². The Morgan fingerprint density at radius 1 is 1.33 bits per heavy atom. The van der Waals surface area contributed by atoms with Gasteiger partial charge < -0.3 is 4.57 Å². The number of hydrogen-bond acceptors (Lipinski definition) is 3. The topological polar surface area (TPSA) is 41.6 Å². The van der Waals surface area contributed by atoms with E-state index in [1.807, 2.05) is 18.2 Å². The second kappa shape index (κ2) is 5.34. The molecule has 0 fully saturated rings. The number of aryl methyl sites for hydroxylation is 1. The van der Waals surface area contributed by atoms with E-state index in [9.17, 15) is 0 Å². The van der Waals surface area contributed by atoms with Crippen LogP contribution in [0.4, 0.5) is 0 Å². The van der Waals surface area contributed by atoms with E-state index in [1.54, 1.807) is 11.3 Å². The first-order valence-electron chi connectivity index (χ1n) is 7.03. The van der Waals surface area contributed by atoms with Crippen LogP contribution in [0, 0.1) is 24.2 Å². The van der Waals surface area contributed by atoms with Gasteiger partial charge in [-0.25, -0.2) is 4.98 Å². The summed E-state index contributed by atoms with van der Waals surface area (Å²) in [5, 5.41) is 13.4. The van der Waals surface area contributed by atoms with E-state index in [-0.39, 0.29) is 0 Å². The molecule has 21 heavy (non-hydrogen) atoms. The summed E-state index contributed by atoms with van der Waals surface area (Å²) in [6, 6.07) is 7.93. The van der Waals surface area contributed by atoms with Gasteiger partial charge in [0, 0.05) is 17.5 Å². The Morgan fingerprint density at radius 2 is 2.14 bits per heavy atom. The van der Waals surface area contributed by atoms with E-state index in [2.05, 4.69) is 42.2 Å². The summed E-state index contributed by atoms with van der Waals surface area (Å²) >= 11 is 1.70. The van der Waals surface area contributed by atoms with Gasteiger partial charge in [-0.15, -0.1) is 0 Å². The number of aromatic nitrogens is 2. The fraction of sp³-hybridized carbons (Fsp3) is 0.294. The van der Waals surface area contributed by atoms with Crippen molar-refractivity contribution in [3.8, 4) is 17.5 Å². The van der Waals surface area contributed by atoms with Crippen LogP contribution in [0.2, 0.25) is 0 Å². The standard InChI is InChI=1S/C17H17N3S/c1-11(2)8-20-16-5-4-13(7-18)6-15(16)19-17(20)14-10-21-9-12(14)3/h4-6,9-11H,8H2,1-3H3. The van der Waals surface area contributed by atoms with Crippen molar-refractivity contribution in [3.63, 3.8) is 0 Å². The third kappa shape index (κ3) is 2.45. The van der Waals surface area contributed by atoms with Crippen LogP contribution in [0.3, 0.4) is 0 Å². The van der Waals surface area contributed by atoms with Crippen LogP contribution >= 0.6 is 11.3 Å². The zero-order valence-electron chi connectivity index (χ0n) is 12.4. The van der Waals surface area contributed by atoms with Crippen molar-refractivity contribution >= 4 is 22.4 Å². The molecule has 3 aromatic rings. The quantitative estimate of drug-likeness (QED) is 0.708. The summed E-state index contributed by atoms with van der Waals surface area (Å²) in [4.78, 5) is 4.80. The molecule has 0 aliphatic carbocycles. The highest BCUT2D eigenvalue weighted by Gasteiger charge is 2.16. The number of nitrogens with zero attached hydrogens (tertiary/aromatic N) is 3. The molecule has 2 aromatic heterocycles. The van der Waals surface area contributed by atoms with Crippen molar-refractivity contribution in [3.05, 3.63) is 40.1 Å². The lowest BCUT2D eigenvalue weighted by atomic mass is 10.2. The Kier molecular flexibility index (Phi) is 3.52. The SMILES string of the molecule is Cc1cscc1-c1nc2cc(C#N)ccc2n1CC(C)C. The van der Waals surface area contributed by atoms with Crippen LogP contribution < -0.4 is 0 Å². The molecule has 4 heteroatoms. The number of rotatable bonds is 3. The molecule has 0 amide bonds. The third-order valence-electron chi connectivity index (χ3n) is 3.52. The first-order chi connectivity index (χ1) is 10.1. The van der Waals surface area contributed by atoms with Gasteiger partial charge in [0.2, 0.25) is 0 Å². The fourth-order valence-electron chi connectivity index (χ4n) is 2.54. The van der Waals surface area contributed by atoms with Gasteiger partial charge in [0.15, 0.2) is 0 Å². The first kappa shape index (κ1) is 13.8. The number of nitriles is 1. The number of thiophene rings is 1. The van der Waals surface area contributed by atoms with Crippen molar-refractivity contribution in [2.45, 2.75) is 27.3 Å². The zero-order chi connectivity index (χ0) is 15.0. The molecule has 0 spiro atoms. The van der Waals surface area contributed by atoms with Crippen LogP contribution in [-0.4, -0.2) is 9.55 Å². The normalized spacial score (nSPS) is 11.2. The molecule has 0 aliphatic heterocycles. The molecule has 0 bridgehead atoms. The Morgan fingerprint density at radius 3 is 2.76 bits per heavy atom. The molecular formula is C17H17N3S. The second-order valence-electron chi connectivity index (χ2n) is 5.72. The molecule has 0 N–H and O–H groups in total. The summed E-state index contributed by atoms with van der Waals surface area (Å²) in [6.45, 7) is 7.46. The van der Waals surface area contributed by atoms with Gasteiger partial charge >= 0.3 is 0 Å². The van der Waals surface area contributed by atoms with E-state index >= 15 is 0 Å². The van der Waals surface area contributed by atoms with E-state index in [0.29, 0.717) is 11.5 Å². The van der Waals surface area contributed by atoms with Gasteiger partial charge in [0.05, 0.1) is 22.7 Å². The minimum Gasteiger partial charge on any atom is -0.324 e. The lowest BCUT2D eigenvalue weighted by Gasteiger charge is -2.11. The predicted molar refractivity (Wildman–Crippen MR) is 87.3 cm³/mol. The first-order valence-corrected chi connectivity index (χ1v) is 7.98. The Bertz CT molecular complexity index is 833. The highest BCUT2D eigenvalue weighted by atomic mass is 32.1. The average Bonchev–Trinajstić information content (AvgIpc) is 3.02. The molecule has 3 nitrogen and oxygen atoms in total. The van der Waals surface area contributed by atoms with Gasteiger partial charge in [-0.05, 0) is 42.0 Å². The molecule has 0 saturated heterocycles. The molecule has 0 atom stereocenters. The van der Waals surface area contributed by atoms with E-state index in [4.69, 9.17) is 10.2 Å². The van der Waals surface area contributed by atoms with Crippen LogP contribution in [0.5, 0.6) is 0 Å². The van der Waals surface area contributed by atoms with Crippen molar-refractivity contribution in [1.29, 1.82) is 5.26 Å². The average molecular weight is 295 g/mol. The highest BCUT2D eigenvalue weighted by Crippen LogP contribution is 2.30. The van der Waals surface area contributed by atoms with Gasteiger partial charge in [-0.3, -0.25) is 0 Å². The van der Waals surface area contributed by atoms with Crippen LogP contribution in [0.15, 0.2) is 29.0 Å². The van der Waals surface area contributed by atoms with Gasteiger partial charge in [0.1, 0.15) is 5.82 Å². The molecule has 0 radical (unpaired) electrons. The molecular weight excluding hydrogens is 278 g/mol. The summed E-state index contributed by atoms with van der Waals surface area (Å²) in [5.74, 6) is 1.54. The van der Waals surface area contributed by atoms with Crippen LogP contribution in [-0.2, 0) is 6.54 Å². The summed E-state index contributed by atoms with van der Waals surface area (Å²) in [6.07, 6.45) is 0. The highest BCUT2D eigenvalue weighted by molar-refractivity contribution is 7.08.